The summed E-state index contributed by atoms with van der Waals surface area (Å²) in [6.45, 7) is 3.82. The van der Waals surface area contributed by atoms with E-state index in [2.05, 4.69) is 29.6 Å². The van der Waals surface area contributed by atoms with E-state index in [0.717, 1.165) is 10.6 Å². The average molecular weight is 410 g/mol. The lowest BCUT2D eigenvalue weighted by Crippen LogP contribution is -2.40. The molecule has 8 heteroatoms. The molecule has 3 amide bonds. The molecule has 1 aliphatic heterocycles. The number of carbonyl (C=O) groups is 3. The highest BCUT2D eigenvalue weighted by Gasteiger charge is 2.26. The van der Waals surface area contributed by atoms with Crippen molar-refractivity contribution in [2.45, 2.75) is 32.6 Å². The molecule has 0 unspecified atom stereocenters. The third-order valence-electron chi connectivity index (χ3n) is 4.60. The van der Waals surface area contributed by atoms with Crippen LogP contribution in [0.3, 0.4) is 0 Å². The number of carbonyl (C=O) groups excluding carboxylic acids is 3. The Hall–Kier alpha value is -3.55. The molecule has 2 aromatic carbocycles. The second-order valence-electron chi connectivity index (χ2n) is 7.29. The molecule has 3 rings (SSSR count). The Balaban J connectivity index is 1.64. The smallest absolute Gasteiger partial charge is 0.271 e. The highest BCUT2D eigenvalue weighted by Crippen LogP contribution is 2.19. The zero-order valence-electron chi connectivity index (χ0n) is 16.8. The Morgan fingerprint density at radius 1 is 1.07 bits per heavy atom. The van der Waals surface area contributed by atoms with E-state index in [9.17, 15) is 18.8 Å². The number of hydrazone groups is 1. The molecule has 1 heterocycles. The fourth-order valence-electron chi connectivity index (χ4n) is 2.94. The fourth-order valence-corrected chi connectivity index (χ4v) is 2.94. The van der Waals surface area contributed by atoms with E-state index >= 15 is 0 Å². The van der Waals surface area contributed by atoms with Gasteiger partial charge in [-0.05, 0) is 47.9 Å². The van der Waals surface area contributed by atoms with E-state index in [1.807, 2.05) is 18.2 Å². The number of amides is 3. The number of anilines is 2. The SMILES string of the molecule is CC(C)c1cccc(NC(=O)CN2N=C(C(=O)Nc3ccc(F)cc3)CCC2=O)c1. The first-order chi connectivity index (χ1) is 14.3. The third-order valence-corrected chi connectivity index (χ3v) is 4.60. The van der Waals surface area contributed by atoms with Crippen molar-refractivity contribution in [3.8, 4) is 0 Å². The molecule has 0 fully saturated rings. The number of nitrogens with one attached hydrogen (secondary N) is 2. The normalized spacial score (nSPS) is 13.8. The molecule has 0 spiro atoms. The molecule has 0 aliphatic carbocycles. The number of nitrogens with zero attached hydrogens (tertiary/aromatic N) is 2. The van der Waals surface area contributed by atoms with Gasteiger partial charge in [0.1, 0.15) is 18.1 Å². The van der Waals surface area contributed by atoms with E-state index in [-0.39, 0.29) is 31.0 Å². The molecule has 0 saturated carbocycles. The highest BCUT2D eigenvalue weighted by molar-refractivity contribution is 6.43. The number of halogens is 1. The molecule has 30 heavy (non-hydrogen) atoms. The van der Waals surface area contributed by atoms with Gasteiger partial charge in [0.05, 0.1) is 0 Å². The summed E-state index contributed by atoms with van der Waals surface area (Å²) in [6.07, 6.45) is 0.242. The van der Waals surface area contributed by atoms with Crippen molar-refractivity contribution in [3.05, 3.63) is 59.9 Å². The highest BCUT2D eigenvalue weighted by atomic mass is 19.1. The van der Waals surface area contributed by atoms with Crippen molar-refractivity contribution in [2.75, 3.05) is 17.2 Å². The van der Waals surface area contributed by atoms with Crippen molar-refractivity contribution in [2.24, 2.45) is 5.10 Å². The van der Waals surface area contributed by atoms with Crippen molar-refractivity contribution in [1.29, 1.82) is 0 Å². The molecule has 2 N–H and O–H groups in total. The van der Waals surface area contributed by atoms with Gasteiger partial charge < -0.3 is 10.6 Å². The Bertz CT molecular complexity index is 986. The summed E-state index contributed by atoms with van der Waals surface area (Å²) in [7, 11) is 0. The minimum absolute atomic E-state index is 0.0752. The van der Waals surface area contributed by atoms with Gasteiger partial charge in [0, 0.05) is 24.2 Å². The topological polar surface area (TPSA) is 90.9 Å². The summed E-state index contributed by atoms with van der Waals surface area (Å²) in [5.41, 5.74) is 2.26. The maximum atomic E-state index is 13.0. The lowest BCUT2D eigenvalue weighted by atomic mass is 10.0. The van der Waals surface area contributed by atoms with Crippen LogP contribution in [0.4, 0.5) is 15.8 Å². The first-order valence-electron chi connectivity index (χ1n) is 9.66. The molecule has 2 aromatic rings. The Kier molecular flexibility index (Phi) is 6.56. The van der Waals surface area contributed by atoms with Crippen molar-refractivity contribution >= 4 is 34.8 Å². The number of hydrogen-bond donors (Lipinski definition) is 2. The van der Waals surface area contributed by atoms with Crippen LogP contribution in [0, 0.1) is 5.82 Å². The lowest BCUT2D eigenvalue weighted by molar-refractivity contribution is -0.135. The number of hydrogen-bond acceptors (Lipinski definition) is 4. The quantitative estimate of drug-likeness (QED) is 0.764. The Morgan fingerprint density at radius 3 is 2.50 bits per heavy atom. The van der Waals surface area contributed by atoms with Crippen molar-refractivity contribution < 1.29 is 18.8 Å². The molecule has 0 atom stereocenters. The minimum Gasteiger partial charge on any atom is -0.324 e. The van der Waals surface area contributed by atoms with Gasteiger partial charge in [0.2, 0.25) is 11.8 Å². The van der Waals surface area contributed by atoms with Gasteiger partial charge in [0.25, 0.3) is 5.91 Å². The Labute approximate surface area is 174 Å². The second-order valence-corrected chi connectivity index (χ2v) is 7.29. The minimum atomic E-state index is -0.496. The summed E-state index contributed by atoms with van der Waals surface area (Å²) in [5.74, 6) is -1.33. The average Bonchev–Trinajstić information content (AvgIpc) is 2.71. The molecule has 0 bridgehead atoms. The van der Waals surface area contributed by atoms with E-state index in [1.165, 1.54) is 24.3 Å². The predicted molar refractivity (Wildman–Crippen MR) is 113 cm³/mol. The largest absolute Gasteiger partial charge is 0.324 e. The first-order valence-corrected chi connectivity index (χ1v) is 9.66. The van der Waals surface area contributed by atoms with Crippen LogP contribution in [0.1, 0.15) is 38.2 Å². The van der Waals surface area contributed by atoms with Gasteiger partial charge in [-0.25, -0.2) is 9.40 Å². The Morgan fingerprint density at radius 2 is 1.80 bits per heavy atom. The van der Waals surface area contributed by atoms with Crippen LogP contribution in [-0.2, 0) is 14.4 Å². The van der Waals surface area contributed by atoms with Crippen LogP contribution in [0.15, 0.2) is 53.6 Å². The zero-order valence-corrected chi connectivity index (χ0v) is 16.8. The second kappa shape index (κ2) is 9.30. The predicted octanol–water partition coefficient (Wildman–Crippen LogP) is 3.50. The van der Waals surface area contributed by atoms with E-state index < -0.39 is 17.6 Å². The van der Waals surface area contributed by atoms with Crippen LogP contribution < -0.4 is 10.6 Å². The van der Waals surface area contributed by atoms with E-state index in [0.29, 0.717) is 17.3 Å². The molecule has 0 saturated heterocycles. The maximum Gasteiger partial charge on any atom is 0.271 e. The van der Waals surface area contributed by atoms with Crippen LogP contribution in [0.2, 0.25) is 0 Å². The number of rotatable bonds is 6. The monoisotopic (exact) mass is 410 g/mol. The van der Waals surface area contributed by atoms with Crippen LogP contribution in [0.25, 0.3) is 0 Å². The first kappa shape index (κ1) is 21.2. The fraction of sp³-hybridized carbons (Fsp3) is 0.273. The third kappa shape index (κ3) is 5.50. The molecule has 7 nitrogen and oxygen atoms in total. The van der Waals surface area contributed by atoms with Crippen LogP contribution >= 0.6 is 0 Å². The van der Waals surface area contributed by atoms with E-state index in [4.69, 9.17) is 0 Å². The summed E-state index contributed by atoms with van der Waals surface area (Å²) in [4.78, 5) is 37.0. The standard InChI is InChI=1S/C22H23FN4O3/c1-14(2)15-4-3-5-18(12-15)24-20(28)13-27-21(29)11-10-19(26-27)22(30)25-17-8-6-16(23)7-9-17/h3-9,12,14H,10-11,13H2,1-2H3,(H,24,28)(H,25,30). The van der Waals surface area contributed by atoms with Gasteiger partial charge in [0.15, 0.2) is 0 Å². The van der Waals surface area contributed by atoms with Gasteiger partial charge >= 0.3 is 0 Å². The van der Waals surface area contributed by atoms with Gasteiger partial charge in [-0.15, -0.1) is 0 Å². The summed E-state index contributed by atoms with van der Waals surface area (Å²) in [5, 5.41) is 10.4. The summed E-state index contributed by atoms with van der Waals surface area (Å²) < 4.78 is 13.0. The summed E-state index contributed by atoms with van der Waals surface area (Å²) >= 11 is 0. The molecule has 156 valence electrons. The van der Waals surface area contributed by atoms with Gasteiger partial charge in [-0.1, -0.05) is 26.0 Å². The van der Waals surface area contributed by atoms with Crippen molar-refractivity contribution in [3.63, 3.8) is 0 Å². The molecule has 0 radical (unpaired) electrons. The van der Waals surface area contributed by atoms with Crippen LogP contribution in [0.5, 0.6) is 0 Å². The summed E-state index contributed by atoms with van der Waals surface area (Å²) in [6, 6.07) is 12.8. The molecular weight excluding hydrogens is 387 g/mol. The maximum absolute atomic E-state index is 13.0. The molecule has 0 aromatic heterocycles. The zero-order chi connectivity index (χ0) is 21.7. The van der Waals surface area contributed by atoms with Gasteiger partial charge in [-0.3, -0.25) is 14.4 Å². The molecular formula is C22H23FN4O3. The van der Waals surface area contributed by atoms with Crippen LogP contribution in [-0.4, -0.2) is 35.0 Å². The van der Waals surface area contributed by atoms with E-state index in [1.54, 1.807) is 6.07 Å². The van der Waals surface area contributed by atoms with Crippen molar-refractivity contribution in [1.82, 2.24) is 5.01 Å². The number of benzene rings is 2. The van der Waals surface area contributed by atoms with Gasteiger partial charge in [-0.2, -0.15) is 5.10 Å². The molecule has 1 aliphatic rings. The lowest BCUT2D eigenvalue weighted by Gasteiger charge is -2.22.